The average molecular weight is 391 g/mol. The third-order valence-corrected chi connectivity index (χ3v) is 5.64. The van der Waals surface area contributed by atoms with Crippen molar-refractivity contribution in [2.24, 2.45) is 0 Å². The molecule has 0 spiro atoms. The highest BCUT2D eigenvalue weighted by molar-refractivity contribution is 7.92. The van der Waals surface area contributed by atoms with E-state index in [-0.39, 0.29) is 10.7 Å². The van der Waals surface area contributed by atoms with Gasteiger partial charge in [-0.2, -0.15) is 0 Å². The number of carbonyl (C=O) groups excluding carboxylic acids is 1. The minimum absolute atomic E-state index is 0.144. The van der Waals surface area contributed by atoms with Gasteiger partial charge in [0.25, 0.3) is 10.0 Å². The molecule has 0 saturated heterocycles. The Kier molecular flexibility index (Phi) is 5.76. The van der Waals surface area contributed by atoms with E-state index in [9.17, 15) is 13.2 Å². The number of nitrogens with one attached hydrogen (secondary N) is 1. The highest BCUT2D eigenvalue weighted by Crippen LogP contribution is 2.23. The Morgan fingerprint density at radius 1 is 0.857 bits per heavy atom. The fourth-order valence-corrected chi connectivity index (χ4v) is 3.79. The zero-order valence-corrected chi connectivity index (χ0v) is 16.5. The van der Waals surface area contributed by atoms with Crippen LogP contribution in [0.5, 0.6) is 0 Å². The van der Waals surface area contributed by atoms with Gasteiger partial charge < -0.3 is 0 Å². The fourth-order valence-electron chi connectivity index (χ4n) is 2.70. The smallest absolute Gasteiger partial charge is 0.261 e. The second-order valence-electron chi connectivity index (χ2n) is 6.57. The summed E-state index contributed by atoms with van der Waals surface area (Å²) in [6.07, 6.45) is 3.09. The van der Waals surface area contributed by atoms with Crippen LogP contribution in [0, 0.1) is 13.8 Å². The van der Waals surface area contributed by atoms with Crippen LogP contribution in [0.15, 0.2) is 83.8 Å². The van der Waals surface area contributed by atoms with E-state index in [2.05, 4.69) is 4.72 Å². The van der Waals surface area contributed by atoms with Crippen LogP contribution in [0.1, 0.15) is 27.0 Å². The number of carbonyl (C=O) groups is 1. The first-order chi connectivity index (χ1) is 13.3. The number of allylic oxidation sites excluding steroid dienone is 1. The zero-order valence-electron chi connectivity index (χ0n) is 15.7. The van der Waals surface area contributed by atoms with Gasteiger partial charge in [0.2, 0.25) is 0 Å². The molecule has 28 heavy (non-hydrogen) atoms. The van der Waals surface area contributed by atoms with Crippen molar-refractivity contribution in [2.45, 2.75) is 18.7 Å². The SMILES string of the molecule is Cc1ccc(S(=O)(=O)Nc2ccc(C)cc2/C=C/C(=O)c2ccccc2)cc1. The Morgan fingerprint density at radius 2 is 1.50 bits per heavy atom. The molecule has 0 fully saturated rings. The molecule has 0 heterocycles. The Balaban J connectivity index is 1.89. The summed E-state index contributed by atoms with van der Waals surface area (Å²) >= 11 is 0. The molecule has 0 bridgehead atoms. The molecule has 3 rings (SSSR count). The van der Waals surface area contributed by atoms with Crippen LogP contribution in [-0.2, 0) is 10.0 Å². The molecule has 0 saturated carbocycles. The van der Waals surface area contributed by atoms with Crippen molar-refractivity contribution < 1.29 is 13.2 Å². The molecular formula is C23H21NO3S. The molecular weight excluding hydrogens is 370 g/mol. The highest BCUT2D eigenvalue weighted by atomic mass is 32.2. The predicted molar refractivity (Wildman–Crippen MR) is 113 cm³/mol. The molecule has 0 aliphatic heterocycles. The molecule has 0 amide bonds. The van der Waals surface area contributed by atoms with E-state index >= 15 is 0 Å². The van der Waals surface area contributed by atoms with Crippen LogP contribution >= 0.6 is 0 Å². The molecule has 5 heteroatoms. The quantitative estimate of drug-likeness (QED) is 0.475. The van der Waals surface area contributed by atoms with Crippen LogP contribution in [0.2, 0.25) is 0 Å². The van der Waals surface area contributed by atoms with E-state index in [1.165, 1.54) is 6.08 Å². The van der Waals surface area contributed by atoms with Crippen LogP contribution in [-0.4, -0.2) is 14.2 Å². The molecule has 3 aromatic rings. The van der Waals surface area contributed by atoms with Crippen LogP contribution in [0.25, 0.3) is 6.08 Å². The first-order valence-electron chi connectivity index (χ1n) is 8.83. The molecule has 0 radical (unpaired) electrons. The van der Waals surface area contributed by atoms with Gasteiger partial charge in [0.05, 0.1) is 10.6 Å². The minimum atomic E-state index is -3.72. The molecule has 1 N–H and O–H groups in total. The lowest BCUT2D eigenvalue weighted by Gasteiger charge is -2.12. The number of ketones is 1. The van der Waals surface area contributed by atoms with Crippen molar-refractivity contribution in [2.75, 3.05) is 4.72 Å². The van der Waals surface area contributed by atoms with Crippen LogP contribution < -0.4 is 4.72 Å². The van der Waals surface area contributed by atoms with E-state index in [4.69, 9.17) is 0 Å². The van der Waals surface area contributed by atoms with Crippen molar-refractivity contribution >= 4 is 27.6 Å². The van der Waals surface area contributed by atoms with Gasteiger partial charge in [-0.1, -0.05) is 59.7 Å². The Morgan fingerprint density at radius 3 is 2.18 bits per heavy atom. The van der Waals surface area contributed by atoms with Gasteiger partial charge in [-0.05, 0) is 55.8 Å². The van der Waals surface area contributed by atoms with Crippen molar-refractivity contribution in [3.05, 3.63) is 101 Å². The summed E-state index contributed by atoms with van der Waals surface area (Å²) in [6.45, 7) is 3.81. The number of rotatable bonds is 6. The van der Waals surface area contributed by atoms with Crippen molar-refractivity contribution in [3.63, 3.8) is 0 Å². The van der Waals surface area contributed by atoms with Gasteiger partial charge >= 0.3 is 0 Å². The second-order valence-corrected chi connectivity index (χ2v) is 8.26. The average Bonchev–Trinajstić information content (AvgIpc) is 2.68. The lowest BCUT2D eigenvalue weighted by molar-refractivity contribution is 0.104. The first kappa shape index (κ1) is 19.6. The standard InChI is InChI=1S/C23H21NO3S/c1-17-8-12-21(13-9-17)28(26,27)24-22-14-10-18(2)16-20(22)11-15-23(25)19-6-4-3-5-7-19/h3-16,24H,1-2H3/b15-11+. The number of benzene rings is 3. The van der Waals surface area contributed by atoms with Crippen molar-refractivity contribution in [1.82, 2.24) is 0 Å². The summed E-state index contributed by atoms with van der Waals surface area (Å²) in [6, 6.07) is 20.9. The monoisotopic (exact) mass is 391 g/mol. The van der Waals surface area contributed by atoms with Crippen molar-refractivity contribution in [3.8, 4) is 0 Å². The normalized spacial score (nSPS) is 11.5. The predicted octanol–water partition coefficient (Wildman–Crippen LogP) is 5.00. The zero-order chi connectivity index (χ0) is 20.1. The molecule has 142 valence electrons. The number of aryl methyl sites for hydroxylation is 2. The number of anilines is 1. The maximum atomic E-state index is 12.7. The summed E-state index contributed by atoms with van der Waals surface area (Å²) in [5, 5.41) is 0. The lowest BCUT2D eigenvalue weighted by Crippen LogP contribution is -2.13. The number of sulfonamides is 1. The molecule has 0 aliphatic carbocycles. The van der Waals surface area contributed by atoms with E-state index in [1.807, 2.05) is 32.0 Å². The third-order valence-electron chi connectivity index (χ3n) is 4.26. The van der Waals surface area contributed by atoms with Gasteiger partial charge in [-0.15, -0.1) is 0 Å². The third kappa shape index (κ3) is 4.75. The van der Waals surface area contributed by atoms with E-state index in [0.717, 1.165) is 11.1 Å². The molecule has 3 aromatic carbocycles. The van der Waals surface area contributed by atoms with Gasteiger partial charge in [0, 0.05) is 5.56 Å². The molecule has 0 aromatic heterocycles. The van der Waals surface area contributed by atoms with Crippen LogP contribution in [0.3, 0.4) is 0 Å². The maximum Gasteiger partial charge on any atom is 0.261 e. The Bertz CT molecular complexity index is 1120. The summed E-state index contributed by atoms with van der Waals surface area (Å²) in [7, 11) is -3.72. The topological polar surface area (TPSA) is 63.2 Å². The molecule has 0 unspecified atom stereocenters. The summed E-state index contributed by atoms with van der Waals surface area (Å²) in [4.78, 5) is 12.5. The van der Waals surface area contributed by atoms with Crippen molar-refractivity contribution in [1.29, 1.82) is 0 Å². The minimum Gasteiger partial charge on any atom is -0.289 e. The van der Waals surface area contributed by atoms with Gasteiger partial charge in [0.15, 0.2) is 5.78 Å². The number of hydrogen-bond donors (Lipinski definition) is 1. The highest BCUT2D eigenvalue weighted by Gasteiger charge is 2.15. The van der Waals surface area contributed by atoms with Gasteiger partial charge in [-0.3, -0.25) is 9.52 Å². The van der Waals surface area contributed by atoms with Gasteiger partial charge in [-0.25, -0.2) is 8.42 Å². The van der Waals surface area contributed by atoms with E-state index in [0.29, 0.717) is 16.8 Å². The largest absolute Gasteiger partial charge is 0.289 e. The first-order valence-corrected chi connectivity index (χ1v) is 10.3. The van der Waals surface area contributed by atoms with E-state index < -0.39 is 10.0 Å². The maximum absolute atomic E-state index is 12.7. The molecule has 0 atom stereocenters. The van der Waals surface area contributed by atoms with Crippen LogP contribution in [0.4, 0.5) is 5.69 Å². The lowest BCUT2D eigenvalue weighted by atomic mass is 10.1. The number of hydrogen-bond acceptors (Lipinski definition) is 3. The Hall–Kier alpha value is -3.18. The fraction of sp³-hybridized carbons (Fsp3) is 0.0870. The summed E-state index contributed by atoms with van der Waals surface area (Å²) in [5.74, 6) is -0.144. The molecule has 0 aliphatic rings. The summed E-state index contributed by atoms with van der Waals surface area (Å²) in [5.41, 5.74) is 3.57. The van der Waals surface area contributed by atoms with E-state index in [1.54, 1.807) is 60.7 Å². The Labute approximate surface area is 165 Å². The summed E-state index contributed by atoms with van der Waals surface area (Å²) < 4.78 is 28.0. The van der Waals surface area contributed by atoms with Gasteiger partial charge in [0.1, 0.15) is 0 Å². The second kappa shape index (κ2) is 8.23. The molecule has 4 nitrogen and oxygen atoms in total.